The smallest absolute Gasteiger partial charge is 0.220 e. The van der Waals surface area contributed by atoms with E-state index in [1.165, 1.54) is 0 Å². The zero-order valence-electron chi connectivity index (χ0n) is 11.1. The molecular weight excluding hydrogens is 216 g/mol. The standard InChI is InChI=1S/C13H26N2O2/c1-10(2)11(13(15)17)8-6-4-3-5-7-9-12(14)16/h10-11H,3-9H2,1-2H3,(H2,14,16)(H2,15,17). The first-order chi connectivity index (χ1) is 7.95. The van der Waals surface area contributed by atoms with Crippen LogP contribution in [0.1, 0.15) is 58.8 Å². The van der Waals surface area contributed by atoms with Crippen LogP contribution in [-0.2, 0) is 9.59 Å². The van der Waals surface area contributed by atoms with E-state index in [4.69, 9.17) is 11.5 Å². The highest BCUT2D eigenvalue weighted by Crippen LogP contribution is 2.19. The van der Waals surface area contributed by atoms with E-state index in [1.54, 1.807) is 0 Å². The van der Waals surface area contributed by atoms with Crippen LogP contribution < -0.4 is 11.5 Å². The summed E-state index contributed by atoms with van der Waals surface area (Å²) in [6.07, 6.45) is 6.48. The molecule has 0 aliphatic heterocycles. The minimum Gasteiger partial charge on any atom is -0.370 e. The van der Waals surface area contributed by atoms with Gasteiger partial charge in [-0.15, -0.1) is 0 Å². The lowest BCUT2D eigenvalue weighted by atomic mass is 9.89. The number of unbranched alkanes of at least 4 members (excludes halogenated alkanes) is 4. The Balaban J connectivity index is 3.49. The van der Waals surface area contributed by atoms with Gasteiger partial charge in [0, 0.05) is 12.3 Å². The molecule has 2 amide bonds. The highest BCUT2D eigenvalue weighted by atomic mass is 16.1. The van der Waals surface area contributed by atoms with E-state index in [-0.39, 0.29) is 17.7 Å². The molecule has 0 fully saturated rings. The molecule has 0 aromatic rings. The monoisotopic (exact) mass is 242 g/mol. The number of nitrogens with two attached hydrogens (primary N) is 2. The van der Waals surface area contributed by atoms with Crippen molar-refractivity contribution in [2.45, 2.75) is 58.8 Å². The summed E-state index contributed by atoms with van der Waals surface area (Å²) in [4.78, 5) is 21.7. The third-order valence-electron chi connectivity index (χ3n) is 3.11. The Hall–Kier alpha value is -1.06. The van der Waals surface area contributed by atoms with Gasteiger partial charge in [-0.2, -0.15) is 0 Å². The fourth-order valence-corrected chi connectivity index (χ4v) is 2.00. The average Bonchev–Trinajstić information content (AvgIpc) is 2.20. The molecule has 1 atom stereocenters. The van der Waals surface area contributed by atoms with E-state index in [9.17, 15) is 9.59 Å². The Labute approximate surface area is 104 Å². The summed E-state index contributed by atoms with van der Waals surface area (Å²) < 4.78 is 0. The van der Waals surface area contributed by atoms with Crippen molar-refractivity contribution in [1.82, 2.24) is 0 Å². The summed E-state index contributed by atoms with van der Waals surface area (Å²) in [5, 5.41) is 0. The zero-order valence-corrected chi connectivity index (χ0v) is 11.1. The van der Waals surface area contributed by atoms with Crippen molar-refractivity contribution in [3.63, 3.8) is 0 Å². The molecule has 0 aromatic heterocycles. The van der Waals surface area contributed by atoms with Crippen molar-refractivity contribution in [3.05, 3.63) is 0 Å². The van der Waals surface area contributed by atoms with Crippen LogP contribution in [0.2, 0.25) is 0 Å². The molecule has 0 saturated heterocycles. The van der Waals surface area contributed by atoms with Gasteiger partial charge in [-0.3, -0.25) is 9.59 Å². The van der Waals surface area contributed by atoms with Crippen LogP contribution in [0.5, 0.6) is 0 Å². The van der Waals surface area contributed by atoms with E-state index in [2.05, 4.69) is 0 Å². The number of rotatable bonds is 10. The first kappa shape index (κ1) is 15.9. The van der Waals surface area contributed by atoms with Crippen molar-refractivity contribution >= 4 is 11.8 Å². The highest BCUT2D eigenvalue weighted by molar-refractivity contribution is 5.76. The predicted molar refractivity (Wildman–Crippen MR) is 69.0 cm³/mol. The molecule has 17 heavy (non-hydrogen) atoms. The number of carbonyl (C=O) groups is 2. The van der Waals surface area contributed by atoms with Gasteiger partial charge in [0.15, 0.2) is 0 Å². The van der Waals surface area contributed by atoms with Crippen molar-refractivity contribution in [1.29, 1.82) is 0 Å². The topological polar surface area (TPSA) is 86.2 Å². The molecule has 0 bridgehead atoms. The van der Waals surface area contributed by atoms with Crippen LogP contribution in [0.25, 0.3) is 0 Å². The van der Waals surface area contributed by atoms with E-state index in [1.807, 2.05) is 13.8 Å². The van der Waals surface area contributed by atoms with Crippen molar-refractivity contribution < 1.29 is 9.59 Å². The van der Waals surface area contributed by atoms with Crippen LogP contribution in [0, 0.1) is 11.8 Å². The SMILES string of the molecule is CC(C)C(CCCCCCCC(N)=O)C(N)=O. The summed E-state index contributed by atoms with van der Waals surface area (Å²) in [6, 6.07) is 0. The minimum atomic E-state index is -0.224. The fourth-order valence-electron chi connectivity index (χ4n) is 2.00. The molecule has 0 aliphatic carbocycles. The van der Waals surface area contributed by atoms with Crippen molar-refractivity contribution in [2.24, 2.45) is 23.3 Å². The third kappa shape index (κ3) is 8.72. The van der Waals surface area contributed by atoms with Gasteiger partial charge < -0.3 is 11.5 Å². The van der Waals surface area contributed by atoms with Gasteiger partial charge in [-0.05, 0) is 18.8 Å². The van der Waals surface area contributed by atoms with Gasteiger partial charge in [-0.1, -0.05) is 39.5 Å². The van der Waals surface area contributed by atoms with Crippen molar-refractivity contribution in [3.8, 4) is 0 Å². The lowest BCUT2D eigenvalue weighted by Gasteiger charge is -2.16. The zero-order chi connectivity index (χ0) is 13.3. The summed E-state index contributed by atoms with van der Waals surface area (Å²) in [5.41, 5.74) is 10.4. The molecule has 4 N–H and O–H groups in total. The average molecular weight is 242 g/mol. The Kier molecular flexibility index (Phi) is 8.46. The second-order valence-electron chi connectivity index (χ2n) is 5.03. The lowest BCUT2D eigenvalue weighted by Crippen LogP contribution is -2.27. The fraction of sp³-hybridized carbons (Fsp3) is 0.846. The summed E-state index contributed by atoms with van der Waals surface area (Å²) in [7, 11) is 0. The quantitative estimate of drug-likeness (QED) is 0.574. The summed E-state index contributed by atoms with van der Waals surface area (Å²) >= 11 is 0. The summed E-state index contributed by atoms with van der Waals surface area (Å²) in [6.45, 7) is 4.06. The molecule has 4 heteroatoms. The van der Waals surface area contributed by atoms with Crippen molar-refractivity contribution in [2.75, 3.05) is 0 Å². The van der Waals surface area contributed by atoms with Crippen LogP contribution >= 0.6 is 0 Å². The second kappa shape index (κ2) is 9.02. The Morgan fingerprint density at radius 2 is 1.47 bits per heavy atom. The van der Waals surface area contributed by atoms with Gasteiger partial charge in [0.05, 0.1) is 0 Å². The number of hydrogen-bond acceptors (Lipinski definition) is 2. The first-order valence-electron chi connectivity index (χ1n) is 6.52. The Bertz CT molecular complexity index is 240. The molecule has 0 rings (SSSR count). The predicted octanol–water partition coefficient (Wildman–Crippen LogP) is 1.96. The molecular formula is C13H26N2O2. The number of primary amides is 2. The van der Waals surface area contributed by atoms with Crippen LogP contribution in [0.15, 0.2) is 0 Å². The normalized spacial score (nSPS) is 12.6. The third-order valence-corrected chi connectivity index (χ3v) is 3.11. The van der Waals surface area contributed by atoms with Crippen LogP contribution in [0.4, 0.5) is 0 Å². The van der Waals surface area contributed by atoms with Gasteiger partial charge in [0.25, 0.3) is 0 Å². The Morgan fingerprint density at radius 3 is 1.94 bits per heavy atom. The first-order valence-corrected chi connectivity index (χ1v) is 6.52. The molecule has 100 valence electrons. The van der Waals surface area contributed by atoms with Gasteiger partial charge in [0.2, 0.25) is 11.8 Å². The van der Waals surface area contributed by atoms with Gasteiger partial charge in [0.1, 0.15) is 0 Å². The molecule has 1 unspecified atom stereocenters. The molecule has 0 aromatic carbocycles. The second-order valence-corrected chi connectivity index (χ2v) is 5.03. The number of carbonyl (C=O) groups excluding carboxylic acids is 2. The van der Waals surface area contributed by atoms with Crippen LogP contribution in [-0.4, -0.2) is 11.8 Å². The molecule has 0 heterocycles. The maximum absolute atomic E-state index is 11.2. The van der Waals surface area contributed by atoms with Crippen LogP contribution in [0.3, 0.4) is 0 Å². The summed E-state index contributed by atoms with van der Waals surface area (Å²) in [5.74, 6) is -0.0877. The van der Waals surface area contributed by atoms with Gasteiger partial charge in [-0.25, -0.2) is 0 Å². The molecule has 0 saturated carbocycles. The minimum absolute atomic E-state index is 0.000574. The lowest BCUT2D eigenvalue weighted by molar-refractivity contribution is -0.123. The van der Waals surface area contributed by atoms with E-state index in [0.717, 1.165) is 38.5 Å². The van der Waals surface area contributed by atoms with E-state index < -0.39 is 0 Å². The molecule has 0 spiro atoms. The molecule has 0 aliphatic rings. The van der Waals surface area contributed by atoms with E-state index >= 15 is 0 Å². The molecule has 0 radical (unpaired) electrons. The Morgan fingerprint density at radius 1 is 0.941 bits per heavy atom. The van der Waals surface area contributed by atoms with E-state index in [0.29, 0.717) is 12.3 Å². The number of amides is 2. The highest BCUT2D eigenvalue weighted by Gasteiger charge is 2.18. The van der Waals surface area contributed by atoms with Gasteiger partial charge >= 0.3 is 0 Å². The number of hydrogen-bond donors (Lipinski definition) is 2. The maximum Gasteiger partial charge on any atom is 0.220 e. The molecule has 4 nitrogen and oxygen atoms in total. The largest absolute Gasteiger partial charge is 0.370 e. The maximum atomic E-state index is 11.2.